The van der Waals surface area contributed by atoms with Crippen LogP contribution >= 0.6 is 11.6 Å². The van der Waals surface area contributed by atoms with Crippen molar-refractivity contribution in [3.8, 4) is 11.3 Å². The molecule has 0 unspecified atom stereocenters. The van der Waals surface area contributed by atoms with Gasteiger partial charge in [0.15, 0.2) is 5.15 Å². The predicted octanol–water partition coefficient (Wildman–Crippen LogP) is 2.00. The molecule has 2 rings (SSSR count). The zero-order valence-corrected chi connectivity index (χ0v) is 9.76. The molecule has 2 aromatic rings. The van der Waals surface area contributed by atoms with Crippen molar-refractivity contribution in [2.24, 2.45) is 0 Å². The van der Waals surface area contributed by atoms with Crippen molar-refractivity contribution in [1.82, 2.24) is 20.0 Å². The average molecular weight is 253 g/mol. The number of nitrogens with zero attached hydrogens (tertiary/aromatic N) is 4. The van der Waals surface area contributed by atoms with Gasteiger partial charge >= 0.3 is 6.09 Å². The van der Waals surface area contributed by atoms with Crippen molar-refractivity contribution < 1.29 is 9.53 Å². The van der Waals surface area contributed by atoms with E-state index in [2.05, 4.69) is 15.3 Å². The minimum Gasteiger partial charge on any atom is -0.448 e. The second kappa shape index (κ2) is 4.92. The summed E-state index contributed by atoms with van der Waals surface area (Å²) < 4.78 is 5.91. The van der Waals surface area contributed by atoms with E-state index in [9.17, 15) is 4.79 Å². The van der Waals surface area contributed by atoms with Crippen LogP contribution in [0.2, 0.25) is 5.15 Å². The first kappa shape index (κ1) is 11.5. The standard InChI is InChI=1S/C10H9ClN4O2/c1-2-17-10(16)15-6-7(5-12-15)8-3-4-9(11)14-13-8/h3-6H,2H2,1H3. The third-order valence-electron chi connectivity index (χ3n) is 1.97. The van der Waals surface area contributed by atoms with Crippen molar-refractivity contribution >= 4 is 17.7 Å². The average Bonchev–Trinajstić information content (AvgIpc) is 2.80. The molecule has 0 aliphatic rings. The molecule has 0 fully saturated rings. The first-order valence-electron chi connectivity index (χ1n) is 4.92. The third kappa shape index (κ3) is 2.59. The summed E-state index contributed by atoms with van der Waals surface area (Å²) in [7, 11) is 0. The lowest BCUT2D eigenvalue weighted by Crippen LogP contribution is -2.13. The zero-order chi connectivity index (χ0) is 12.3. The van der Waals surface area contributed by atoms with Crippen LogP contribution in [0.3, 0.4) is 0 Å². The molecule has 17 heavy (non-hydrogen) atoms. The summed E-state index contributed by atoms with van der Waals surface area (Å²) in [4.78, 5) is 11.4. The first-order valence-corrected chi connectivity index (χ1v) is 5.30. The van der Waals surface area contributed by atoms with E-state index < -0.39 is 6.09 Å². The molecule has 0 radical (unpaired) electrons. The molecule has 0 spiro atoms. The second-order valence-electron chi connectivity index (χ2n) is 3.11. The van der Waals surface area contributed by atoms with Crippen molar-refractivity contribution in [2.75, 3.05) is 6.61 Å². The second-order valence-corrected chi connectivity index (χ2v) is 3.50. The molecule has 2 aromatic heterocycles. The van der Waals surface area contributed by atoms with Crippen LogP contribution < -0.4 is 0 Å². The van der Waals surface area contributed by atoms with E-state index in [1.54, 1.807) is 19.1 Å². The Hall–Kier alpha value is -1.95. The molecule has 0 aliphatic carbocycles. The Morgan fingerprint density at radius 1 is 1.47 bits per heavy atom. The van der Waals surface area contributed by atoms with Crippen molar-refractivity contribution in [1.29, 1.82) is 0 Å². The maximum absolute atomic E-state index is 11.4. The summed E-state index contributed by atoms with van der Waals surface area (Å²) in [6, 6.07) is 3.31. The maximum atomic E-state index is 11.4. The van der Waals surface area contributed by atoms with Crippen molar-refractivity contribution in [2.45, 2.75) is 6.92 Å². The first-order chi connectivity index (χ1) is 8.20. The SMILES string of the molecule is CCOC(=O)n1cc(-c2ccc(Cl)nn2)cn1. The van der Waals surface area contributed by atoms with Gasteiger partial charge in [-0.05, 0) is 19.1 Å². The number of ether oxygens (including phenoxy) is 1. The fourth-order valence-corrected chi connectivity index (χ4v) is 1.32. The van der Waals surface area contributed by atoms with Gasteiger partial charge in [-0.3, -0.25) is 0 Å². The summed E-state index contributed by atoms with van der Waals surface area (Å²) in [6.45, 7) is 2.03. The number of halogens is 1. The number of rotatable bonds is 2. The predicted molar refractivity (Wildman–Crippen MR) is 60.7 cm³/mol. The monoisotopic (exact) mass is 252 g/mol. The van der Waals surface area contributed by atoms with E-state index in [1.165, 1.54) is 12.4 Å². The van der Waals surface area contributed by atoms with E-state index in [0.29, 0.717) is 23.0 Å². The Bertz CT molecular complexity index is 523. The van der Waals surface area contributed by atoms with Gasteiger partial charge < -0.3 is 4.74 Å². The van der Waals surface area contributed by atoms with Crippen LogP contribution in [-0.4, -0.2) is 32.7 Å². The zero-order valence-electron chi connectivity index (χ0n) is 9.00. The molecule has 2 heterocycles. The molecule has 0 amide bonds. The van der Waals surface area contributed by atoms with E-state index in [4.69, 9.17) is 16.3 Å². The molecule has 0 aliphatic heterocycles. The fourth-order valence-electron chi connectivity index (χ4n) is 1.21. The van der Waals surface area contributed by atoms with E-state index >= 15 is 0 Å². The molecule has 0 saturated heterocycles. The van der Waals surface area contributed by atoms with Gasteiger partial charge in [-0.1, -0.05) is 11.6 Å². The van der Waals surface area contributed by atoms with Gasteiger partial charge in [0, 0.05) is 11.8 Å². The smallest absolute Gasteiger partial charge is 0.434 e. The normalized spacial score (nSPS) is 10.2. The number of carbonyl (C=O) groups excluding carboxylic acids is 1. The molecule has 0 N–H and O–H groups in total. The molecule has 88 valence electrons. The molecule has 0 saturated carbocycles. The highest BCUT2D eigenvalue weighted by atomic mass is 35.5. The Kier molecular flexibility index (Phi) is 3.34. The lowest BCUT2D eigenvalue weighted by molar-refractivity contribution is 0.150. The van der Waals surface area contributed by atoms with E-state index in [-0.39, 0.29) is 0 Å². The van der Waals surface area contributed by atoms with Crippen LogP contribution in [0.15, 0.2) is 24.5 Å². The number of carbonyl (C=O) groups is 1. The summed E-state index contributed by atoms with van der Waals surface area (Å²) in [6.07, 6.45) is 2.51. The van der Waals surface area contributed by atoms with Crippen LogP contribution in [0.25, 0.3) is 11.3 Å². The maximum Gasteiger partial charge on any atom is 0.434 e. The van der Waals surface area contributed by atoms with Gasteiger partial charge in [-0.2, -0.15) is 9.78 Å². The van der Waals surface area contributed by atoms with Gasteiger partial charge in [-0.15, -0.1) is 10.2 Å². The van der Waals surface area contributed by atoms with Crippen LogP contribution in [0.5, 0.6) is 0 Å². The molecule has 0 aromatic carbocycles. The Morgan fingerprint density at radius 2 is 2.29 bits per heavy atom. The highest BCUT2D eigenvalue weighted by Crippen LogP contribution is 2.16. The molecule has 7 heteroatoms. The van der Waals surface area contributed by atoms with Crippen LogP contribution in [0, 0.1) is 0 Å². The lowest BCUT2D eigenvalue weighted by Gasteiger charge is -1.99. The van der Waals surface area contributed by atoms with Gasteiger partial charge in [0.05, 0.1) is 18.5 Å². The molecule has 6 nitrogen and oxygen atoms in total. The van der Waals surface area contributed by atoms with Crippen molar-refractivity contribution in [3.05, 3.63) is 29.7 Å². The van der Waals surface area contributed by atoms with Crippen LogP contribution in [0.1, 0.15) is 6.92 Å². The Morgan fingerprint density at radius 3 is 2.94 bits per heavy atom. The minimum atomic E-state index is -0.527. The highest BCUT2D eigenvalue weighted by molar-refractivity contribution is 6.29. The largest absolute Gasteiger partial charge is 0.448 e. The summed E-state index contributed by atoms with van der Waals surface area (Å²) in [5, 5.41) is 11.8. The molecular weight excluding hydrogens is 244 g/mol. The Labute approximate surface area is 102 Å². The molecule has 0 atom stereocenters. The van der Waals surface area contributed by atoms with Crippen LogP contribution in [-0.2, 0) is 4.74 Å². The quantitative estimate of drug-likeness (QED) is 0.818. The summed E-state index contributed by atoms with van der Waals surface area (Å²) in [5.41, 5.74) is 1.26. The van der Waals surface area contributed by atoms with Crippen molar-refractivity contribution in [3.63, 3.8) is 0 Å². The Balaban J connectivity index is 2.23. The summed E-state index contributed by atoms with van der Waals surface area (Å²) in [5.74, 6) is 0. The molecule has 0 bridgehead atoms. The summed E-state index contributed by atoms with van der Waals surface area (Å²) >= 11 is 5.63. The van der Waals surface area contributed by atoms with Gasteiger partial charge in [0.2, 0.25) is 0 Å². The van der Waals surface area contributed by atoms with Crippen LogP contribution in [0.4, 0.5) is 4.79 Å². The lowest BCUT2D eigenvalue weighted by atomic mass is 10.2. The minimum absolute atomic E-state index is 0.300. The molecular formula is C10H9ClN4O2. The van der Waals surface area contributed by atoms with Gasteiger partial charge in [0.25, 0.3) is 0 Å². The van der Waals surface area contributed by atoms with E-state index in [1.807, 2.05) is 0 Å². The highest BCUT2D eigenvalue weighted by Gasteiger charge is 2.09. The van der Waals surface area contributed by atoms with Gasteiger partial charge in [-0.25, -0.2) is 4.79 Å². The number of hydrogen-bond donors (Lipinski definition) is 0. The van der Waals surface area contributed by atoms with E-state index in [0.717, 1.165) is 4.68 Å². The topological polar surface area (TPSA) is 69.9 Å². The van der Waals surface area contributed by atoms with Gasteiger partial charge in [0.1, 0.15) is 0 Å². The third-order valence-corrected chi connectivity index (χ3v) is 2.17. The number of aromatic nitrogens is 4. The number of hydrogen-bond acceptors (Lipinski definition) is 5. The fraction of sp³-hybridized carbons (Fsp3) is 0.200.